The van der Waals surface area contributed by atoms with E-state index in [2.05, 4.69) is 4.90 Å². The number of rotatable bonds is 6. The minimum absolute atomic E-state index is 0.102. The summed E-state index contributed by atoms with van der Waals surface area (Å²) in [5, 5.41) is 9.08. The van der Waals surface area contributed by atoms with Gasteiger partial charge in [-0.3, -0.25) is 19.4 Å². The smallest absolute Gasteiger partial charge is 0.277 e. The SMILES string of the molecule is CCCN1C(=O)C(c2ccc(F)cc2)=C(N2CCN(CCO)CC2)C1=O. The molecule has 1 aromatic carbocycles. The number of carbonyl (C=O) groups is 2. The largest absolute Gasteiger partial charge is 0.395 e. The number of nitrogens with zero attached hydrogens (tertiary/aromatic N) is 3. The van der Waals surface area contributed by atoms with E-state index in [-0.39, 0.29) is 24.2 Å². The second-order valence-electron chi connectivity index (χ2n) is 6.54. The highest BCUT2D eigenvalue weighted by Crippen LogP contribution is 2.32. The Morgan fingerprint density at radius 2 is 1.65 bits per heavy atom. The number of aliphatic hydroxyl groups is 1. The second kappa shape index (κ2) is 7.97. The number of halogens is 1. The first kappa shape index (κ1) is 18.5. The topological polar surface area (TPSA) is 64.1 Å². The van der Waals surface area contributed by atoms with Gasteiger partial charge in [-0.05, 0) is 24.1 Å². The second-order valence-corrected chi connectivity index (χ2v) is 6.54. The van der Waals surface area contributed by atoms with Crippen LogP contribution in [0.25, 0.3) is 5.57 Å². The Balaban J connectivity index is 1.94. The van der Waals surface area contributed by atoms with Crippen molar-refractivity contribution in [2.45, 2.75) is 13.3 Å². The van der Waals surface area contributed by atoms with Gasteiger partial charge in [0.05, 0.1) is 12.2 Å². The predicted octanol–water partition coefficient (Wildman–Crippen LogP) is 0.925. The minimum Gasteiger partial charge on any atom is -0.395 e. The molecule has 1 saturated heterocycles. The first-order valence-electron chi connectivity index (χ1n) is 9.01. The van der Waals surface area contributed by atoms with E-state index in [0.717, 1.165) is 13.1 Å². The van der Waals surface area contributed by atoms with Gasteiger partial charge in [-0.15, -0.1) is 0 Å². The number of aliphatic hydroxyl groups excluding tert-OH is 1. The number of hydrogen-bond acceptors (Lipinski definition) is 5. The molecule has 2 aliphatic heterocycles. The van der Waals surface area contributed by atoms with E-state index in [1.54, 1.807) is 12.1 Å². The van der Waals surface area contributed by atoms with Gasteiger partial charge in [0.25, 0.3) is 11.8 Å². The van der Waals surface area contributed by atoms with E-state index in [1.807, 2.05) is 11.8 Å². The normalized spacial score (nSPS) is 19.0. The van der Waals surface area contributed by atoms with Crippen LogP contribution in [-0.2, 0) is 9.59 Å². The third kappa shape index (κ3) is 3.50. The molecule has 0 spiro atoms. The molecule has 3 rings (SSSR count). The van der Waals surface area contributed by atoms with Crippen LogP contribution in [-0.4, -0.2) is 77.5 Å². The van der Waals surface area contributed by atoms with E-state index in [1.165, 1.54) is 17.0 Å². The number of carbonyl (C=O) groups excluding carboxylic acids is 2. The van der Waals surface area contributed by atoms with Gasteiger partial charge in [0.2, 0.25) is 0 Å². The molecule has 2 aliphatic rings. The monoisotopic (exact) mass is 361 g/mol. The maximum atomic E-state index is 13.3. The van der Waals surface area contributed by atoms with Crippen molar-refractivity contribution in [1.82, 2.24) is 14.7 Å². The Hall–Kier alpha value is -2.25. The average molecular weight is 361 g/mol. The Bertz CT molecular complexity index is 709. The number of amides is 2. The van der Waals surface area contributed by atoms with Gasteiger partial charge < -0.3 is 10.0 Å². The summed E-state index contributed by atoms with van der Waals surface area (Å²) in [6.07, 6.45) is 0.686. The zero-order chi connectivity index (χ0) is 18.7. The van der Waals surface area contributed by atoms with Crippen LogP contribution >= 0.6 is 0 Å². The molecule has 1 aromatic rings. The van der Waals surface area contributed by atoms with Gasteiger partial charge in [0.15, 0.2) is 0 Å². The van der Waals surface area contributed by atoms with Crippen LogP contribution in [0.1, 0.15) is 18.9 Å². The molecule has 0 aromatic heterocycles. The third-order valence-electron chi connectivity index (χ3n) is 4.83. The Morgan fingerprint density at radius 1 is 1.00 bits per heavy atom. The van der Waals surface area contributed by atoms with E-state index in [4.69, 9.17) is 5.11 Å². The van der Waals surface area contributed by atoms with Crippen LogP contribution in [0, 0.1) is 5.82 Å². The molecule has 0 radical (unpaired) electrons. The Labute approximate surface area is 152 Å². The van der Waals surface area contributed by atoms with Crippen molar-refractivity contribution in [2.24, 2.45) is 0 Å². The number of piperazine rings is 1. The van der Waals surface area contributed by atoms with E-state index < -0.39 is 0 Å². The Morgan fingerprint density at radius 3 is 2.23 bits per heavy atom. The summed E-state index contributed by atoms with van der Waals surface area (Å²) >= 11 is 0. The summed E-state index contributed by atoms with van der Waals surface area (Å²) in [4.78, 5) is 31.2. The highest BCUT2D eigenvalue weighted by atomic mass is 19.1. The summed E-state index contributed by atoms with van der Waals surface area (Å²) in [7, 11) is 0. The highest BCUT2D eigenvalue weighted by molar-refractivity contribution is 6.35. The first-order valence-corrected chi connectivity index (χ1v) is 9.01. The fourth-order valence-electron chi connectivity index (χ4n) is 3.50. The van der Waals surface area contributed by atoms with Crippen molar-refractivity contribution in [3.05, 3.63) is 41.3 Å². The summed E-state index contributed by atoms with van der Waals surface area (Å²) < 4.78 is 13.3. The lowest BCUT2D eigenvalue weighted by Crippen LogP contribution is -2.48. The first-order chi connectivity index (χ1) is 12.6. The number of hydrogen-bond donors (Lipinski definition) is 1. The molecular formula is C19H24FN3O3. The van der Waals surface area contributed by atoms with Gasteiger partial charge in [-0.1, -0.05) is 19.1 Å². The standard InChI is InChI=1S/C19H24FN3O3/c1-2-7-23-18(25)16(14-3-5-15(20)6-4-14)17(19(23)26)22-10-8-21(9-11-22)12-13-24/h3-6,24H,2,7-13H2,1H3. The maximum Gasteiger partial charge on any atom is 0.277 e. The van der Waals surface area contributed by atoms with Crippen molar-refractivity contribution < 1.29 is 19.1 Å². The van der Waals surface area contributed by atoms with Crippen molar-refractivity contribution in [2.75, 3.05) is 45.9 Å². The lowest BCUT2D eigenvalue weighted by atomic mass is 10.0. The van der Waals surface area contributed by atoms with E-state index in [0.29, 0.717) is 49.4 Å². The summed E-state index contributed by atoms with van der Waals surface area (Å²) in [6.45, 7) is 5.65. The fraction of sp³-hybridized carbons (Fsp3) is 0.474. The molecule has 0 bridgehead atoms. The summed E-state index contributed by atoms with van der Waals surface area (Å²) in [5.74, 6) is -0.960. The molecule has 2 heterocycles. The van der Waals surface area contributed by atoms with Gasteiger partial charge in [-0.25, -0.2) is 4.39 Å². The zero-order valence-electron chi connectivity index (χ0n) is 14.9. The summed E-state index contributed by atoms with van der Waals surface area (Å²) in [6, 6.07) is 5.71. The van der Waals surface area contributed by atoms with Crippen LogP contribution in [0.5, 0.6) is 0 Å². The molecule has 6 nitrogen and oxygen atoms in total. The van der Waals surface area contributed by atoms with Gasteiger partial charge >= 0.3 is 0 Å². The van der Waals surface area contributed by atoms with Crippen molar-refractivity contribution in [3.63, 3.8) is 0 Å². The third-order valence-corrected chi connectivity index (χ3v) is 4.83. The molecule has 0 aliphatic carbocycles. The van der Waals surface area contributed by atoms with Crippen molar-refractivity contribution in [3.8, 4) is 0 Å². The van der Waals surface area contributed by atoms with Crippen molar-refractivity contribution in [1.29, 1.82) is 0 Å². The quantitative estimate of drug-likeness (QED) is 0.764. The number of benzene rings is 1. The Kier molecular flexibility index (Phi) is 5.68. The minimum atomic E-state index is -0.379. The van der Waals surface area contributed by atoms with E-state index in [9.17, 15) is 14.0 Å². The highest BCUT2D eigenvalue weighted by Gasteiger charge is 2.41. The molecule has 0 unspecified atom stereocenters. The van der Waals surface area contributed by atoms with Gasteiger partial charge in [0.1, 0.15) is 11.5 Å². The molecule has 0 atom stereocenters. The number of imide groups is 1. The van der Waals surface area contributed by atoms with Crippen LogP contribution in [0.3, 0.4) is 0 Å². The molecule has 7 heteroatoms. The maximum absolute atomic E-state index is 13.3. The van der Waals surface area contributed by atoms with Crippen LogP contribution < -0.4 is 0 Å². The summed E-state index contributed by atoms with van der Waals surface area (Å²) in [5.41, 5.74) is 1.34. The molecule has 140 valence electrons. The molecule has 0 saturated carbocycles. The molecular weight excluding hydrogens is 337 g/mol. The molecule has 1 fully saturated rings. The average Bonchev–Trinajstić information content (AvgIpc) is 2.88. The van der Waals surface area contributed by atoms with Crippen LogP contribution in [0.15, 0.2) is 30.0 Å². The molecule has 2 amide bonds. The fourth-order valence-corrected chi connectivity index (χ4v) is 3.50. The van der Waals surface area contributed by atoms with Crippen LogP contribution in [0.4, 0.5) is 4.39 Å². The molecule has 26 heavy (non-hydrogen) atoms. The molecule has 1 N–H and O–H groups in total. The lowest BCUT2D eigenvalue weighted by molar-refractivity contribution is -0.137. The lowest BCUT2D eigenvalue weighted by Gasteiger charge is -2.36. The number of β-amino-alcohol motifs (C(OH)–C–C–N with tert-alkyl or cyclic N) is 1. The zero-order valence-corrected chi connectivity index (χ0v) is 14.9. The van der Waals surface area contributed by atoms with Crippen molar-refractivity contribution >= 4 is 17.4 Å². The van der Waals surface area contributed by atoms with Gasteiger partial charge in [0, 0.05) is 39.3 Å². The van der Waals surface area contributed by atoms with Crippen LogP contribution in [0.2, 0.25) is 0 Å². The van der Waals surface area contributed by atoms with E-state index >= 15 is 0 Å². The predicted molar refractivity (Wildman–Crippen MR) is 95.4 cm³/mol. The van der Waals surface area contributed by atoms with Gasteiger partial charge in [-0.2, -0.15) is 0 Å².